The molecule has 8 nitrogen and oxygen atoms in total. The Morgan fingerprint density at radius 3 is 2.43 bits per heavy atom. The predicted octanol–water partition coefficient (Wildman–Crippen LogP) is 3.14. The van der Waals surface area contributed by atoms with E-state index >= 15 is 0 Å². The van der Waals surface area contributed by atoms with Crippen molar-refractivity contribution in [1.82, 2.24) is 10.6 Å². The first kappa shape index (κ1) is 27.7. The summed E-state index contributed by atoms with van der Waals surface area (Å²) in [4.78, 5) is 25.2. The summed E-state index contributed by atoms with van der Waals surface area (Å²) in [6, 6.07) is 20.8. The Kier molecular flexibility index (Phi) is 10.1. The number of aliphatic hydroxyl groups is 1. The molecule has 0 unspecified atom stereocenters. The molecule has 0 fully saturated rings. The number of hydrogen-bond acceptors (Lipinski definition) is 6. The Labute approximate surface area is 218 Å². The second kappa shape index (κ2) is 13.4. The van der Waals surface area contributed by atoms with Crippen LogP contribution in [0.3, 0.4) is 0 Å². The number of hydrogen-bond donors (Lipinski definition) is 5. The second-order valence-corrected chi connectivity index (χ2v) is 9.40. The summed E-state index contributed by atoms with van der Waals surface area (Å²) in [7, 11) is 3.99. The molecule has 5 N–H and O–H groups in total. The van der Waals surface area contributed by atoms with Crippen LogP contribution in [-0.4, -0.2) is 49.2 Å². The van der Waals surface area contributed by atoms with E-state index in [2.05, 4.69) is 16.0 Å². The minimum atomic E-state index is -0.802. The molecular weight excluding hydrogens is 468 g/mol. The van der Waals surface area contributed by atoms with Crippen LogP contribution < -0.4 is 20.9 Å². The standard InChI is InChI=1S/C29H36N4O4/c1-20(30-18-28(36)24-9-12-27(35)26(16-24)32-19-34)13-22-5-4-6-23(14-22)15-29(37)31-17-21-7-10-25(11-8-21)33(2)3/h4-12,14,16,19-20,28,30,35-36H,13,15,17-18H2,1-3H3,(H,31,37)(H,32,34)/t20-,28+/m1/s1. The van der Waals surface area contributed by atoms with Crippen LogP contribution in [0.4, 0.5) is 11.4 Å². The lowest BCUT2D eigenvalue weighted by Gasteiger charge is -2.18. The van der Waals surface area contributed by atoms with E-state index in [4.69, 9.17) is 0 Å². The van der Waals surface area contributed by atoms with Crippen LogP contribution in [0.2, 0.25) is 0 Å². The zero-order valence-corrected chi connectivity index (χ0v) is 21.6. The molecule has 37 heavy (non-hydrogen) atoms. The zero-order valence-electron chi connectivity index (χ0n) is 21.6. The molecule has 0 saturated carbocycles. The number of benzene rings is 3. The molecule has 0 spiro atoms. The number of anilines is 2. The van der Waals surface area contributed by atoms with Gasteiger partial charge < -0.3 is 31.1 Å². The van der Waals surface area contributed by atoms with Crippen LogP contribution in [0.25, 0.3) is 0 Å². The summed E-state index contributed by atoms with van der Waals surface area (Å²) in [5.41, 5.74) is 5.06. The molecule has 0 radical (unpaired) electrons. The molecule has 0 aliphatic carbocycles. The highest BCUT2D eigenvalue weighted by molar-refractivity contribution is 5.78. The third kappa shape index (κ3) is 8.63. The number of aromatic hydroxyl groups is 1. The van der Waals surface area contributed by atoms with Crippen LogP contribution in [0.1, 0.15) is 35.3 Å². The van der Waals surface area contributed by atoms with Gasteiger partial charge in [-0.25, -0.2) is 0 Å². The molecule has 2 amide bonds. The van der Waals surface area contributed by atoms with Gasteiger partial charge in [0.25, 0.3) is 0 Å². The van der Waals surface area contributed by atoms with Crippen molar-refractivity contribution in [1.29, 1.82) is 0 Å². The number of nitrogens with zero attached hydrogens (tertiary/aromatic N) is 1. The maximum absolute atomic E-state index is 12.5. The quantitative estimate of drug-likeness (QED) is 0.181. The van der Waals surface area contributed by atoms with Gasteiger partial charge in [0.1, 0.15) is 5.75 Å². The van der Waals surface area contributed by atoms with Gasteiger partial charge in [0.15, 0.2) is 0 Å². The first-order chi connectivity index (χ1) is 17.7. The Morgan fingerprint density at radius 1 is 1.00 bits per heavy atom. The molecule has 0 aliphatic rings. The van der Waals surface area contributed by atoms with Gasteiger partial charge in [-0.05, 0) is 59.9 Å². The number of nitrogens with one attached hydrogen (secondary N) is 3. The number of phenolic OH excluding ortho intramolecular Hbond substituents is 1. The first-order valence-corrected chi connectivity index (χ1v) is 12.3. The molecule has 3 rings (SSSR count). The molecule has 196 valence electrons. The number of carbonyl (C=O) groups is 2. The van der Waals surface area contributed by atoms with Crippen molar-refractivity contribution in [2.24, 2.45) is 0 Å². The highest BCUT2D eigenvalue weighted by Gasteiger charge is 2.13. The van der Waals surface area contributed by atoms with Crippen LogP contribution in [0.5, 0.6) is 5.75 Å². The third-order valence-electron chi connectivity index (χ3n) is 6.12. The average Bonchev–Trinajstić information content (AvgIpc) is 2.88. The van der Waals surface area contributed by atoms with Gasteiger partial charge in [0.05, 0.1) is 18.2 Å². The average molecular weight is 505 g/mol. The van der Waals surface area contributed by atoms with Crippen molar-refractivity contribution < 1.29 is 19.8 Å². The second-order valence-electron chi connectivity index (χ2n) is 9.40. The summed E-state index contributed by atoms with van der Waals surface area (Å²) >= 11 is 0. The highest BCUT2D eigenvalue weighted by Crippen LogP contribution is 2.26. The molecule has 2 atom stereocenters. The van der Waals surface area contributed by atoms with Crippen molar-refractivity contribution in [2.45, 2.75) is 38.5 Å². The predicted molar refractivity (Wildman–Crippen MR) is 147 cm³/mol. The summed E-state index contributed by atoms with van der Waals surface area (Å²) < 4.78 is 0. The minimum absolute atomic E-state index is 0.0273. The third-order valence-corrected chi connectivity index (χ3v) is 6.12. The van der Waals surface area contributed by atoms with Gasteiger partial charge in [0.2, 0.25) is 12.3 Å². The monoisotopic (exact) mass is 504 g/mol. The maximum Gasteiger partial charge on any atom is 0.224 e. The number of aliphatic hydroxyl groups excluding tert-OH is 1. The number of phenols is 1. The van der Waals surface area contributed by atoms with Crippen molar-refractivity contribution in [3.05, 3.63) is 89.0 Å². The maximum atomic E-state index is 12.5. The molecule has 0 bridgehead atoms. The van der Waals surface area contributed by atoms with Gasteiger partial charge >= 0.3 is 0 Å². The summed E-state index contributed by atoms with van der Waals surface area (Å²) in [6.07, 6.45) is 0.716. The topological polar surface area (TPSA) is 114 Å². The van der Waals surface area contributed by atoms with Crippen LogP contribution >= 0.6 is 0 Å². The van der Waals surface area contributed by atoms with Gasteiger partial charge in [-0.3, -0.25) is 9.59 Å². The highest BCUT2D eigenvalue weighted by atomic mass is 16.3. The normalized spacial score (nSPS) is 12.4. The summed E-state index contributed by atoms with van der Waals surface area (Å²) in [6.45, 7) is 2.83. The molecule has 0 aromatic heterocycles. The van der Waals surface area contributed by atoms with Gasteiger partial charge in [-0.15, -0.1) is 0 Å². The number of amides is 2. The molecule has 0 aliphatic heterocycles. The molecule has 3 aromatic carbocycles. The SMILES string of the molecule is C[C@H](Cc1cccc(CC(=O)NCc2ccc(N(C)C)cc2)c1)NC[C@H](O)c1ccc(O)c(NC=O)c1. The summed E-state index contributed by atoms with van der Waals surface area (Å²) in [5.74, 6) is -0.0860. The molecule has 0 saturated heterocycles. The van der Waals surface area contributed by atoms with E-state index in [9.17, 15) is 19.8 Å². The lowest BCUT2D eigenvalue weighted by atomic mass is 10.0. The Balaban J connectivity index is 1.47. The van der Waals surface area contributed by atoms with Gasteiger partial charge in [-0.2, -0.15) is 0 Å². The van der Waals surface area contributed by atoms with Crippen molar-refractivity contribution in [2.75, 3.05) is 30.9 Å². The van der Waals surface area contributed by atoms with E-state index in [0.29, 0.717) is 31.5 Å². The lowest BCUT2D eigenvalue weighted by molar-refractivity contribution is -0.120. The lowest BCUT2D eigenvalue weighted by Crippen LogP contribution is -2.32. The van der Waals surface area contributed by atoms with Crippen molar-refractivity contribution in [3.8, 4) is 5.75 Å². The van der Waals surface area contributed by atoms with Crippen LogP contribution in [-0.2, 0) is 29.0 Å². The van der Waals surface area contributed by atoms with E-state index in [1.807, 2.05) is 74.4 Å². The number of rotatable bonds is 13. The molecule has 3 aromatic rings. The van der Waals surface area contributed by atoms with E-state index in [1.54, 1.807) is 12.1 Å². The first-order valence-electron chi connectivity index (χ1n) is 12.3. The van der Waals surface area contributed by atoms with Crippen molar-refractivity contribution in [3.63, 3.8) is 0 Å². The van der Waals surface area contributed by atoms with Crippen LogP contribution in [0.15, 0.2) is 66.7 Å². The van der Waals surface area contributed by atoms with Crippen molar-refractivity contribution >= 4 is 23.7 Å². The Morgan fingerprint density at radius 2 is 1.73 bits per heavy atom. The number of carbonyl (C=O) groups excluding carboxylic acids is 2. The fourth-order valence-electron chi connectivity index (χ4n) is 4.02. The smallest absolute Gasteiger partial charge is 0.224 e. The van der Waals surface area contributed by atoms with E-state index in [1.165, 1.54) is 6.07 Å². The van der Waals surface area contributed by atoms with E-state index in [0.717, 1.165) is 28.8 Å². The molecular formula is C29H36N4O4. The Hall–Kier alpha value is -3.88. The van der Waals surface area contributed by atoms with E-state index < -0.39 is 6.10 Å². The largest absolute Gasteiger partial charge is 0.506 e. The van der Waals surface area contributed by atoms with Gasteiger partial charge in [0, 0.05) is 38.9 Å². The van der Waals surface area contributed by atoms with Crippen LogP contribution in [0, 0.1) is 0 Å². The van der Waals surface area contributed by atoms with Gasteiger partial charge in [-0.1, -0.05) is 42.5 Å². The zero-order chi connectivity index (χ0) is 26.8. The molecule has 0 heterocycles. The molecule has 8 heteroatoms. The summed E-state index contributed by atoms with van der Waals surface area (Å²) in [5, 5.41) is 29.0. The van der Waals surface area contributed by atoms with E-state index in [-0.39, 0.29) is 23.4 Å². The fraction of sp³-hybridized carbons (Fsp3) is 0.310. The minimum Gasteiger partial charge on any atom is -0.506 e. The Bertz CT molecular complexity index is 1180. The fourth-order valence-corrected chi connectivity index (χ4v) is 4.02.